The van der Waals surface area contributed by atoms with Crippen molar-refractivity contribution in [2.45, 2.75) is 58.4 Å². The molecule has 2 nitrogen and oxygen atoms in total. The van der Waals surface area contributed by atoms with Crippen molar-refractivity contribution in [1.29, 1.82) is 0 Å². The topological polar surface area (TPSA) is 24.9 Å². The van der Waals surface area contributed by atoms with Crippen molar-refractivity contribution in [3.05, 3.63) is 30.1 Å². The maximum atomic E-state index is 4.09. The van der Waals surface area contributed by atoms with Crippen LogP contribution in [0.15, 0.2) is 24.5 Å². The predicted octanol–water partition coefficient (Wildman–Crippen LogP) is 3.82. The molecule has 1 aromatic heterocycles. The molecule has 1 atom stereocenters. The molecule has 1 aliphatic carbocycles. The van der Waals surface area contributed by atoms with Crippen LogP contribution in [0.3, 0.4) is 0 Å². The number of hydrogen-bond acceptors (Lipinski definition) is 2. The Hall–Kier alpha value is -0.890. The fourth-order valence-corrected chi connectivity index (χ4v) is 3.33. The van der Waals surface area contributed by atoms with Gasteiger partial charge in [-0.1, -0.05) is 26.7 Å². The van der Waals surface area contributed by atoms with Crippen molar-refractivity contribution in [2.24, 2.45) is 11.8 Å². The van der Waals surface area contributed by atoms with Crippen LogP contribution in [0.25, 0.3) is 0 Å². The van der Waals surface area contributed by atoms with Crippen LogP contribution < -0.4 is 5.32 Å². The second-order valence-electron chi connectivity index (χ2n) is 6.08. The Balaban J connectivity index is 1.85. The van der Waals surface area contributed by atoms with Crippen LogP contribution in [0.5, 0.6) is 0 Å². The highest BCUT2D eigenvalue weighted by Gasteiger charge is 2.25. The standard InChI is InChI=1S/C17H28N2/c1-3-19-17(16-7-4-14(2)5-8-16)9-6-15-10-12-18-13-11-15/h10-14,16-17,19H,3-9H2,1-2H3. The van der Waals surface area contributed by atoms with Gasteiger partial charge >= 0.3 is 0 Å². The molecule has 0 bridgehead atoms. The highest BCUT2D eigenvalue weighted by Crippen LogP contribution is 2.31. The lowest BCUT2D eigenvalue weighted by molar-refractivity contribution is 0.224. The van der Waals surface area contributed by atoms with E-state index in [1.54, 1.807) is 0 Å². The minimum Gasteiger partial charge on any atom is -0.314 e. The van der Waals surface area contributed by atoms with Crippen LogP contribution in [-0.4, -0.2) is 17.6 Å². The fourth-order valence-electron chi connectivity index (χ4n) is 3.33. The molecule has 106 valence electrons. The second kappa shape index (κ2) is 7.64. The normalized spacial score (nSPS) is 25.2. The van der Waals surface area contributed by atoms with Crippen molar-refractivity contribution in [3.63, 3.8) is 0 Å². The van der Waals surface area contributed by atoms with Gasteiger partial charge in [0.2, 0.25) is 0 Å². The molecular formula is C17H28N2. The molecule has 1 fully saturated rings. The van der Waals surface area contributed by atoms with Gasteiger partial charge in [0.25, 0.3) is 0 Å². The molecule has 1 aromatic rings. The molecule has 2 heteroatoms. The van der Waals surface area contributed by atoms with E-state index < -0.39 is 0 Å². The van der Waals surface area contributed by atoms with Crippen molar-refractivity contribution >= 4 is 0 Å². The second-order valence-corrected chi connectivity index (χ2v) is 6.08. The molecule has 0 amide bonds. The first kappa shape index (κ1) is 14.5. The monoisotopic (exact) mass is 260 g/mol. The highest BCUT2D eigenvalue weighted by molar-refractivity contribution is 5.10. The molecule has 0 spiro atoms. The molecule has 1 unspecified atom stereocenters. The van der Waals surface area contributed by atoms with Gasteiger partial charge in [0.1, 0.15) is 0 Å². The fraction of sp³-hybridized carbons (Fsp3) is 0.706. The molecule has 0 aliphatic heterocycles. The summed E-state index contributed by atoms with van der Waals surface area (Å²) in [6, 6.07) is 4.99. The predicted molar refractivity (Wildman–Crippen MR) is 81.1 cm³/mol. The van der Waals surface area contributed by atoms with E-state index in [0.29, 0.717) is 6.04 Å². The first-order chi connectivity index (χ1) is 9.29. The van der Waals surface area contributed by atoms with E-state index >= 15 is 0 Å². The van der Waals surface area contributed by atoms with Gasteiger partial charge in [-0.15, -0.1) is 0 Å². The molecule has 0 aromatic carbocycles. The van der Waals surface area contributed by atoms with Gasteiger partial charge in [0.05, 0.1) is 0 Å². The van der Waals surface area contributed by atoms with E-state index in [1.165, 1.54) is 44.1 Å². The Morgan fingerprint density at radius 2 is 1.89 bits per heavy atom. The van der Waals surface area contributed by atoms with Gasteiger partial charge in [-0.2, -0.15) is 0 Å². The van der Waals surface area contributed by atoms with Crippen molar-refractivity contribution in [2.75, 3.05) is 6.54 Å². The third-order valence-electron chi connectivity index (χ3n) is 4.59. The Bertz CT molecular complexity index is 342. The third kappa shape index (κ3) is 4.61. The maximum absolute atomic E-state index is 4.09. The SMILES string of the molecule is CCNC(CCc1ccncc1)C1CCC(C)CC1. The first-order valence-electron chi connectivity index (χ1n) is 7.92. The van der Waals surface area contributed by atoms with E-state index in [1.807, 2.05) is 12.4 Å². The highest BCUT2D eigenvalue weighted by atomic mass is 14.9. The van der Waals surface area contributed by atoms with Crippen LogP contribution in [0.1, 0.15) is 51.5 Å². The van der Waals surface area contributed by atoms with Gasteiger partial charge < -0.3 is 5.32 Å². The van der Waals surface area contributed by atoms with E-state index in [-0.39, 0.29) is 0 Å². The van der Waals surface area contributed by atoms with E-state index in [2.05, 4.69) is 36.3 Å². The molecule has 1 N–H and O–H groups in total. The molecule has 1 aliphatic rings. The Morgan fingerprint density at radius 1 is 1.21 bits per heavy atom. The molecule has 0 saturated heterocycles. The summed E-state index contributed by atoms with van der Waals surface area (Å²) >= 11 is 0. The molecule has 1 heterocycles. The third-order valence-corrected chi connectivity index (χ3v) is 4.59. The zero-order valence-electron chi connectivity index (χ0n) is 12.4. The quantitative estimate of drug-likeness (QED) is 0.841. The number of nitrogens with zero attached hydrogens (tertiary/aromatic N) is 1. The van der Waals surface area contributed by atoms with Gasteiger partial charge in [-0.05, 0) is 61.8 Å². The minimum atomic E-state index is 0.700. The lowest BCUT2D eigenvalue weighted by Gasteiger charge is -2.33. The summed E-state index contributed by atoms with van der Waals surface area (Å²) in [5.74, 6) is 1.83. The Labute approximate surface area is 118 Å². The largest absolute Gasteiger partial charge is 0.314 e. The number of pyridine rings is 1. The zero-order valence-corrected chi connectivity index (χ0v) is 12.4. The molecule has 19 heavy (non-hydrogen) atoms. The van der Waals surface area contributed by atoms with Crippen LogP contribution in [0.2, 0.25) is 0 Å². The van der Waals surface area contributed by atoms with Crippen molar-refractivity contribution in [1.82, 2.24) is 10.3 Å². The van der Waals surface area contributed by atoms with Crippen LogP contribution in [0, 0.1) is 11.8 Å². The van der Waals surface area contributed by atoms with E-state index in [0.717, 1.165) is 18.4 Å². The van der Waals surface area contributed by atoms with Gasteiger partial charge in [-0.25, -0.2) is 0 Å². The number of rotatable bonds is 6. The minimum absolute atomic E-state index is 0.700. The van der Waals surface area contributed by atoms with E-state index in [9.17, 15) is 0 Å². The summed E-state index contributed by atoms with van der Waals surface area (Å²) < 4.78 is 0. The number of hydrogen-bond donors (Lipinski definition) is 1. The average Bonchev–Trinajstić information content (AvgIpc) is 2.46. The Kier molecular flexibility index (Phi) is 5.84. The van der Waals surface area contributed by atoms with Crippen LogP contribution in [0.4, 0.5) is 0 Å². The maximum Gasteiger partial charge on any atom is 0.0270 e. The van der Waals surface area contributed by atoms with Crippen molar-refractivity contribution < 1.29 is 0 Å². The molecular weight excluding hydrogens is 232 g/mol. The molecule has 0 radical (unpaired) electrons. The summed E-state index contributed by atoms with van der Waals surface area (Å²) in [6.45, 7) is 5.72. The summed E-state index contributed by atoms with van der Waals surface area (Å²) in [5, 5.41) is 3.72. The Morgan fingerprint density at radius 3 is 2.53 bits per heavy atom. The van der Waals surface area contributed by atoms with Crippen molar-refractivity contribution in [3.8, 4) is 0 Å². The van der Waals surface area contributed by atoms with Gasteiger partial charge in [0.15, 0.2) is 0 Å². The van der Waals surface area contributed by atoms with Crippen LogP contribution >= 0.6 is 0 Å². The van der Waals surface area contributed by atoms with Gasteiger partial charge in [-0.3, -0.25) is 4.98 Å². The number of aromatic nitrogens is 1. The lowest BCUT2D eigenvalue weighted by Crippen LogP contribution is -2.38. The summed E-state index contributed by atoms with van der Waals surface area (Å²) in [5.41, 5.74) is 1.42. The molecule has 2 rings (SSSR count). The van der Waals surface area contributed by atoms with E-state index in [4.69, 9.17) is 0 Å². The lowest BCUT2D eigenvalue weighted by atomic mass is 9.78. The summed E-state index contributed by atoms with van der Waals surface area (Å²) in [7, 11) is 0. The zero-order chi connectivity index (χ0) is 13.5. The average molecular weight is 260 g/mol. The first-order valence-corrected chi connectivity index (χ1v) is 7.92. The van der Waals surface area contributed by atoms with Crippen LogP contribution in [-0.2, 0) is 6.42 Å². The number of aryl methyl sites for hydroxylation is 1. The summed E-state index contributed by atoms with van der Waals surface area (Å²) in [6.07, 6.45) is 11.9. The summed E-state index contributed by atoms with van der Waals surface area (Å²) in [4.78, 5) is 4.09. The van der Waals surface area contributed by atoms with Gasteiger partial charge in [0, 0.05) is 18.4 Å². The number of nitrogens with one attached hydrogen (secondary N) is 1. The molecule has 1 saturated carbocycles. The smallest absolute Gasteiger partial charge is 0.0270 e.